The minimum absolute atomic E-state index is 0.0650. The van der Waals surface area contributed by atoms with Crippen LogP contribution in [0, 0.1) is 5.41 Å². The third-order valence-electron chi connectivity index (χ3n) is 2.41. The lowest BCUT2D eigenvalue weighted by Crippen LogP contribution is -2.31. The van der Waals surface area contributed by atoms with Crippen LogP contribution in [-0.4, -0.2) is 43.6 Å². The van der Waals surface area contributed by atoms with E-state index >= 15 is 0 Å². The minimum atomic E-state index is -0.0650. The van der Waals surface area contributed by atoms with Gasteiger partial charge in [0.2, 0.25) is 0 Å². The van der Waals surface area contributed by atoms with Gasteiger partial charge in [-0.3, -0.25) is 5.41 Å². The highest BCUT2D eigenvalue weighted by molar-refractivity contribution is 5.76. The van der Waals surface area contributed by atoms with Crippen LogP contribution in [0.15, 0.2) is 0 Å². The molecule has 0 aromatic heterocycles. The lowest BCUT2D eigenvalue weighted by Gasteiger charge is -2.26. The fourth-order valence-corrected chi connectivity index (χ4v) is 0.985. The van der Waals surface area contributed by atoms with Gasteiger partial charge in [0.05, 0.1) is 11.4 Å². The molecule has 0 amide bonds. The monoisotopic (exact) mass is 201 g/mol. The molecule has 0 rings (SSSR count). The highest BCUT2D eigenvalue weighted by atomic mass is 16.5. The van der Waals surface area contributed by atoms with Crippen LogP contribution in [0.25, 0.3) is 0 Å². The first-order valence-corrected chi connectivity index (χ1v) is 4.94. The van der Waals surface area contributed by atoms with E-state index < -0.39 is 0 Å². The number of hydrogen-bond acceptors (Lipinski definition) is 3. The van der Waals surface area contributed by atoms with E-state index in [2.05, 4.69) is 18.7 Å². The summed E-state index contributed by atoms with van der Waals surface area (Å²) >= 11 is 0. The molecule has 0 atom stereocenters. The number of methoxy groups -OCH3 is 1. The first-order chi connectivity index (χ1) is 6.37. The SMILES string of the molecule is COC(C)(C)CCN(C)CCC(=N)N. The summed E-state index contributed by atoms with van der Waals surface area (Å²) in [6.07, 6.45) is 1.63. The molecule has 0 bridgehead atoms. The zero-order valence-electron chi connectivity index (χ0n) is 9.76. The van der Waals surface area contributed by atoms with Gasteiger partial charge in [0.1, 0.15) is 0 Å². The zero-order valence-corrected chi connectivity index (χ0v) is 9.76. The highest BCUT2D eigenvalue weighted by Crippen LogP contribution is 2.12. The Labute approximate surface area is 86.9 Å². The molecule has 84 valence electrons. The maximum atomic E-state index is 7.11. The van der Waals surface area contributed by atoms with Gasteiger partial charge in [0.25, 0.3) is 0 Å². The Morgan fingerprint density at radius 2 is 2.00 bits per heavy atom. The Balaban J connectivity index is 3.63. The van der Waals surface area contributed by atoms with Crippen LogP contribution in [0.2, 0.25) is 0 Å². The summed E-state index contributed by atoms with van der Waals surface area (Å²) in [5.74, 6) is 0.253. The Morgan fingerprint density at radius 3 is 2.43 bits per heavy atom. The van der Waals surface area contributed by atoms with Crippen LogP contribution in [0.4, 0.5) is 0 Å². The van der Waals surface area contributed by atoms with Gasteiger partial charge in [-0.1, -0.05) is 0 Å². The van der Waals surface area contributed by atoms with E-state index in [9.17, 15) is 0 Å². The molecule has 0 heterocycles. The van der Waals surface area contributed by atoms with Gasteiger partial charge in [0.15, 0.2) is 0 Å². The van der Waals surface area contributed by atoms with Crippen LogP contribution in [0.1, 0.15) is 26.7 Å². The van der Waals surface area contributed by atoms with Gasteiger partial charge >= 0.3 is 0 Å². The molecule has 4 nitrogen and oxygen atoms in total. The molecule has 14 heavy (non-hydrogen) atoms. The van der Waals surface area contributed by atoms with E-state index in [-0.39, 0.29) is 11.4 Å². The first-order valence-electron chi connectivity index (χ1n) is 4.94. The Morgan fingerprint density at radius 1 is 1.43 bits per heavy atom. The molecule has 0 unspecified atom stereocenters. The van der Waals surface area contributed by atoms with Crippen molar-refractivity contribution in [1.82, 2.24) is 4.90 Å². The van der Waals surface area contributed by atoms with Crippen molar-refractivity contribution >= 4 is 5.84 Å². The van der Waals surface area contributed by atoms with E-state index in [4.69, 9.17) is 15.9 Å². The van der Waals surface area contributed by atoms with Crippen molar-refractivity contribution in [3.8, 4) is 0 Å². The lowest BCUT2D eigenvalue weighted by molar-refractivity contribution is 0.00930. The molecule has 0 saturated heterocycles. The molecule has 0 aromatic rings. The van der Waals surface area contributed by atoms with Crippen molar-refractivity contribution in [1.29, 1.82) is 5.41 Å². The minimum Gasteiger partial charge on any atom is -0.388 e. The standard InChI is InChI=1S/C10H23N3O/c1-10(2,14-4)6-8-13(3)7-5-9(11)12/h5-8H2,1-4H3,(H3,11,12). The van der Waals surface area contributed by atoms with Crippen LogP contribution in [-0.2, 0) is 4.74 Å². The number of nitrogens with two attached hydrogens (primary N) is 1. The quantitative estimate of drug-likeness (QED) is 0.478. The van der Waals surface area contributed by atoms with Gasteiger partial charge in [-0.15, -0.1) is 0 Å². The maximum Gasteiger partial charge on any atom is 0.0918 e. The second-order valence-electron chi connectivity index (χ2n) is 4.29. The number of amidine groups is 1. The Hall–Kier alpha value is -0.610. The summed E-state index contributed by atoms with van der Waals surface area (Å²) in [6, 6.07) is 0. The van der Waals surface area contributed by atoms with Crippen LogP contribution in [0.3, 0.4) is 0 Å². The summed E-state index contributed by atoms with van der Waals surface area (Å²) in [7, 11) is 3.77. The van der Waals surface area contributed by atoms with Crippen molar-refractivity contribution < 1.29 is 4.74 Å². The molecule has 0 fully saturated rings. The molecule has 0 spiro atoms. The van der Waals surface area contributed by atoms with E-state index in [1.807, 2.05) is 7.05 Å². The molecule has 0 aliphatic heterocycles. The summed E-state index contributed by atoms with van der Waals surface area (Å²) < 4.78 is 5.32. The Kier molecular flexibility index (Phi) is 5.72. The average Bonchev–Trinajstić information content (AvgIpc) is 2.11. The molecule has 3 N–H and O–H groups in total. The number of hydrogen-bond donors (Lipinski definition) is 2. The lowest BCUT2D eigenvalue weighted by atomic mass is 10.1. The zero-order chi connectivity index (χ0) is 11.2. The number of rotatable bonds is 7. The summed E-state index contributed by atoms with van der Waals surface area (Å²) in [5, 5.41) is 7.11. The van der Waals surface area contributed by atoms with Crippen molar-refractivity contribution in [3.05, 3.63) is 0 Å². The van der Waals surface area contributed by atoms with E-state index in [0.717, 1.165) is 19.5 Å². The number of nitrogens with zero attached hydrogens (tertiary/aromatic N) is 1. The van der Waals surface area contributed by atoms with Crippen molar-refractivity contribution in [3.63, 3.8) is 0 Å². The van der Waals surface area contributed by atoms with E-state index in [1.165, 1.54) is 0 Å². The average molecular weight is 201 g/mol. The van der Waals surface area contributed by atoms with Crippen molar-refractivity contribution in [2.45, 2.75) is 32.3 Å². The second-order valence-corrected chi connectivity index (χ2v) is 4.29. The molecule has 0 aliphatic rings. The topological polar surface area (TPSA) is 62.3 Å². The summed E-state index contributed by atoms with van der Waals surface area (Å²) in [6.45, 7) is 5.96. The molecule has 0 aliphatic carbocycles. The van der Waals surface area contributed by atoms with E-state index in [0.29, 0.717) is 6.42 Å². The van der Waals surface area contributed by atoms with Crippen molar-refractivity contribution in [2.75, 3.05) is 27.2 Å². The molecule has 0 radical (unpaired) electrons. The molecule has 4 heteroatoms. The van der Waals surface area contributed by atoms with Gasteiger partial charge in [-0.05, 0) is 27.3 Å². The summed E-state index contributed by atoms with van der Waals surface area (Å²) in [4.78, 5) is 2.17. The van der Waals surface area contributed by atoms with Crippen LogP contribution < -0.4 is 5.73 Å². The van der Waals surface area contributed by atoms with Gasteiger partial charge in [-0.2, -0.15) is 0 Å². The van der Waals surface area contributed by atoms with Crippen LogP contribution >= 0.6 is 0 Å². The first kappa shape index (κ1) is 13.4. The number of ether oxygens (including phenoxy) is 1. The smallest absolute Gasteiger partial charge is 0.0918 e. The highest BCUT2D eigenvalue weighted by Gasteiger charge is 2.16. The molecular weight excluding hydrogens is 178 g/mol. The molecular formula is C10H23N3O. The van der Waals surface area contributed by atoms with Crippen molar-refractivity contribution in [2.24, 2.45) is 5.73 Å². The van der Waals surface area contributed by atoms with E-state index in [1.54, 1.807) is 7.11 Å². The maximum absolute atomic E-state index is 7.11. The normalized spacial score (nSPS) is 12.1. The summed E-state index contributed by atoms with van der Waals surface area (Å²) in [5.41, 5.74) is 5.22. The molecule has 0 saturated carbocycles. The number of nitrogens with one attached hydrogen (secondary N) is 1. The largest absolute Gasteiger partial charge is 0.388 e. The third kappa shape index (κ3) is 6.86. The predicted molar refractivity (Wildman–Crippen MR) is 59.7 cm³/mol. The van der Waals surface area contributed by atoms with Gasteiger partial charge in [0, 0.05) is 26.6 Å². The van der Waals surface area contributed by atoms with Crippen LogP contribution in [0.5, 0.6) is 0 Å². The van der Waals surface area contributed by atoms with Gasteiger partial charge in [-0.25, -0.2) is 0 Å². The predicted octanol–water partition coefficient (Wildman–Crippen LogP) is 1.06. The second kappa shape index (κ2) is 5.98. The third-order valence-corrected chi connectivity index (χ3v) is 2.41. The fourth-order valence-electron chi connectivity index (χ4n) is 0.985. The fraction of sp³-hybridized carbons (Fsp3) is 0.900. The molecule has 0 aromatic carbocycles. The Bertz CT molecular complexity index is 180. The van der Waals surface area contributed by atoms with Gasteiger partial charge < -0.3 is 15.4 Å².